The van der Waals surface area contributed by atoms with Crippen molar-refractivity contribution in [2.75, 3.05) is 0 Å². The molecule has 0 spiro atoms. The number of halogens is 2. The van der Waals surface area contributed by atoms with Crippen LogP contribution in [0.3, 0.4) is 0 Å². The summed E-state index contributed by atoms with van der Waals surface area (Å²) < 4.78 is 13.2. The molecule has 0 saturated carbocycles. The Bertz CT molecular complexity index is 288. The minimum absolute atomic E-state index is 0.247. The zero-order chi connectivity index (χ0) is 9.84. The molecular formula is C10H13ClFN. The minimum Gasteiger partial charge on any atom is -0.324 e. The van der Waals surface area contributed by atoms with Crippen molar-refractivity contribution in [1.29, 1.82) is 0 Å². The largest absolute Gasteiger partial charge is 0.324 e. The molecule has 13 heavy (non-hydrogen) atoms. The second-order valence-electron chi connectivity index (χ2n) is 3.06. The van der Waals surface area contributed by atoms with E-state index in [0.29, 0.717) is 10.6 Å². The first-order valence-electron chi connectivity index (χ1n) is 4.35. The van der Waals surface area contributed by atoms with Crippen molar-refractivity contribution in [2.24, 2.45) is 5.73 Å². The quantitative estimate of drug-likeness (QED) is 0.798. The first-order valence-corrected chi connectivity index (χ1v) is 4.73. The lowest BCUT2D eigenvalue weighted by molar-refractivity contribution is 0.560. The van der Waals surface area contributed by atoms with E-state index in [-0.39, 0.29) is 11.9 Å². The van der Waals surface area contributed by atoms with Crippen molar-refractivity contribution in [1.82, 2.24) is 0 Å². The SMILES string of the molecule is CCCC(N)c1cc(Cl)ccc1F. The molecule has 1 atom stereocenters. The highest BCUT2D eigenvalue weighted by Crippen LogP contribution is 2.22. The average Bonchev–Trinajstić information content (AvgIpc) is 2.09. The van der Waals surface area contributed by atoms with Crippen LogP contribution in [0, 0.1) is 5.82 Å². The zero-order valence-corrected chi connectivity index (χ0v) is 8.31. The number of rotatable bonds is 3. The van der Waals surface area contributed by atoms with Gasteiger partial charge < -0.3 is 5.73 Å². The van der Waals surface area contributed by atoms with Crippen LogP contribution < -0.4 is 5.73 Å². The van der Waals surface area contributed by atoms with Gasteiger partial charge in [0, 0.05) is 16.6 Å². The highest BCUT2D eigenvalue weighted by molar-refractivity contribution is 6.30. The smallest absolute Gasteiger partial charge is 0.128 e. The molecule has 0 radical (unpaired) electrons. The Kier molecular flexibility index (Phi) is 3.70. The normalized spacial score (nSPS) is 12.9. The number of benzene rings is 1. The van der Waals surface area contributed by atoms with Gasteiger partial charge in [0.15, 0.2) is 0 Å². The first-order chi connectivity index (χ1) is 6.15. The predicted molar refractivity (Wildman–Crippen MR) is 53.2 cm³/mol. The number of nitrogens with two attached hydrogens (primary N) is 1. The molecule has 0 saturated heterocycles. The molecule has 0 aliphatic rings. The fourth-order valence-corrected chi connectivity index (χ4v) is 1.45. The van der Waals surface area contributed by atoms with E-state index in [2.05, 4.69) is 0 Å². The van der Waals surface area contributed by atoms with Crippen LogP contribution in [0.25, 0.3) is 0 Å². The van der Waals surface area contributed by atoms with E-state index >= 15 is 0 Å². The van der Waals surface area contributed by atoms with Crippen molar-refractivity contribution in [3.05, 3.63) is 34.6 Å². The van der Waals surface area contributed by atoms with E-state index in [1.807, 2.05) is 6.92 Å². The first kappa shape index (κ1) is 10.5. The molecular weight excluding hydrogens is 189 g/mol. The fourth-order valence-electron chi connectivity index (χ4n) is 1.27. The molecule has 0 fully saturated rings. The summed E-state index contributed by atoms with van der Waals surface area (Å²) in [6.45, 7) is 2.02. The third kappa shape index (κ3) is 2.68. The lowest BCUT2D eigenvalue weighted by Gasteiger charge is -2.11. The summed E-state index contributed by atoms with van der Waals surface area (Å²) in [7, 11) is 0. The molecule has 1 unspecified atom stereocenters. The van der Waals surface area contributed by atoms with Crippen molar-refractivity contribution in [3.63, 3.8) is 0 Å². The molecule has 0 amide bonds. The number of hydrogen-bond acceptors (Lipinski definition) is 1. The topological polar surface area (TPSA) is 26.0 Å². The number of hydrogen-bond donors (Lipinski definition) is 1. The summed E-state index contributed by atoms with van der Waals surface area (Å²) in [5, 5.41) is 0.531. The third-order valence-electron chi connectivity index (χ3n) is 1.96. The fraction of sp³-hybridized carbons (Fsp3) is 0.400. The highest BCUT2D eigenvalue weighted by Gasteiger charge is 2.10. The van der Waals surface area contributed by atoms with Crippen molar-refractivity contribution in [3.8, 4) is 0 Å². The molecule has 3 heteroatoms. The standard InChI is InChI=1S/C10H13ClFN/c1-2-3-10(13)8-6-7(11)4-5-9(8)12/h4-6,10H,2-3,13H2,1H3. The summed E-state index contributed by atoms with van der Waals surface area (Å²) in [5.74, 6) is -0.273. The summed E-state index contributed by atoms with van der Waals surface area (Å²) in [5.41, 5.74) is 6.29. The van der Waals surface area contributed by atoms with Crippen LogP contribution in [0.5, 0.6) is 0 Å². The zero-order valence-electron chi connectivity index (χ0n) is 7.56. The maximum Gasteiger partial charge on any atom is 0.128 e. The van der Waals surface area contributed by atoms with Gasteiger partial charge in [0.05, 0.1) is 0 Å². The van der Waals surface area contributed by atoms with Gasteiger partial charge in [-0.2, -0.15) is 0 Å². The molecule has 72 valence electrons. The summed E-state index contributed by atoms with van der Waals surface area (Å²) >= 11 is 5.74. The Morgan fingerprint density at radius 1 is 1.54 bits per heavy atom. The molecule has 1 nitrogen and oxygen atoms in total. The Balaban J connectivity index is 2.91. The monoisotopic (exact) mass is 201 g/mol. The van der Waals surface area contributed by atoms with Gasteiger partial charge in [0.2, 0.25) is 0 Å². The van der Waals surface area contributed by atoms with Crippen LogP contribution in [-0.4, -0.2) is 0 Å². The van der Waals surface area contributed by atoms with Crippen LogP contribution in [0.4, 0.5) is 4.39 Å². The van der Waals surface area contributed by atoms with E-state index in [0.717, 1.165) is 12.8 Å². The van der Waals surface area contributed by atoms with Crippen molar-refractivity contribution < 1.29 is 4.39 Å². The van der Waals surface area contributed by atoms with Crippen molar-refractivity contribution in [2.45, 2.75) is 25.8 Å². The Morgan fingerprint density at radius 2 is 2.23 bits per heavy atom. The third-order valence-corrected chi connectivity index (χ3v) is 2.19. The maximum atomic E-state index is 13.2. The van der Waals surface area contributed by atoms with Gasteiger partial charge in [0.1, 0.15) is 5.82 Å². The molecule has 0 aromatic heterocycles. The van der Waals surface area contributed by atoms with E-state index in [1.165, 1.54) is 12.1 Å². The van der Waals surface area contributed by atoms with Gasteiger partial charge in [0.25, 0.3) is 0 Å². The van der Waals surface area contributed by atoms with Gasteiger partial charge in [-0.3, -0.25) is 0 Å². The predicted octanol–water partition coefficient (Wildman–Crippen LogP) is 3.28. The second-order valence-corrected chi connectivity index (χ2v) is 3.50. The van der Waals surface area contributed by atoms with E-state index < -0.39 is 0 Å². The van der Waals surface area contributed by atoms with Gasteiger partial charge in [-0.25, -0.2) is 4.39 Å². The molecule has 0 heterocycles. The highest BCUT2D eigenvalue weighted by atomic mass is 35.5. The summed E-state index contributed by atoms with van der Waals surface area (Å²) in [6.07, 6.45) is 1.71. The van der Waals surface area contributed by atoms with Gasteiger partial charge in [-0.1, -0.05) is 24.9 Å². The summed E-state index contributed by atoms with van der Waals surface area (Å²) in [4.78, 5) is 0. The lowest BCUT2D eigenvalue weighted by atomic mass is 10.0. The van der Waals surface area contributed by atoms with Crippen LogP contribution in [-0.2, 0) is 0 Å². The Labute approximate surface area is 82.7 Å². The maximum absolute atomic E-state index is 13.2. The van der Waals surface area contributed by atoms with Crippen LogP contribution in [0.15, 0.2) is 18.2 Å². The second kappa shape index (κ2) is 4.58. The molecule has 1 rings (SSSR count). The summed E-state index contributed by atoms with van der Waals surface area (Å²) in [6, 6.07) is 4.23. The molecule has 0 bridgehead atoms. The van der Waals surface area contributed by atoms with Crippen molar-refractivity contribution >= 4 is 11.6 Å². The molecule has 1 aromatic carbocycles. The lowest BCUT2D eigenvalue weighted by Crippen LogP contribution is -2.11. The van der Waals surface area contributed by atoms with E-state index in [9.17, 15) is 4.39 Å². The average molecular weight is 202 g/mol. The van der Waals surface area contributed by atoms with Gasteiger partial charge >= 0.3 is 0 Å². The van der Waals surface area contributed by atoms with Crippen LogP contribution >= 0.6 is 11.6 Å². The van der Waals surface area contributed by atoms with E-state index in [4.69, 9.17) is 17.3 Å². The van der Waals surface area contributed by atoms with Crippen LogP contribution in [0.2, 0.25) is 5.02 Å². The van der Waals surface area contributed by atoms with Gasteiger partial charge in [-0.15, -0.1) is 0 Å². The Hall–Kier alpha value is -0.600. The van der Waals surface area contributed by atoms with Crippen LogP contribution in [0.1, 0.15) is 31.4 Å². The molecule has 2 N–H and O–H groups in total. The van der Waals surface area contributed by atoms with Gasteiger partial charge in [-0.05, 0) is 24.6 Å². The molecule has 1 aromatic rings. The minimum atomic E-state index is -0.273. The molecule has 0 aliphatic heterocycles. The van der Waals surface area contributed by atoms with E-state index in [1.54, 1.807) is 6.07 Å². The Morgan fingerprint density at radius 3 is 2.85 bits per heavy atom. The molecule has 0 aliphatic carbocycles.